The molecular formula is C14H12BrN3O4. The maximum absolute atomic E-state index is 12.1. The van der Waals surface area contributed by atoms with Crippen molar-refractivity contribution in [2.24, 2.45) is 0 Å². The number of halogens is 1. The quantitative estimate of drug-likeness (QED) is 0.754. The lowest BCUT2D eigenvalue weighted by atomic mass is 10.1. The van der Waals surface area contributed by atoms with E-state index in [1.54, 1.807) is 12.1 Å². The predicted molar refractivity (Wildman–Crippen MR) is 80.9 cm³/mol. The van der Waals surface area contributed by atoms with Crippen molar-refractivity contribution in [3.05, 3.63) is 33.9 Å². The van der Waals surface area contributed by atoms with Gasteiger partial charge in [-0.15, -0.1) is 0 Å². The minimum atomic E-state index is -0.551. The Labute approximate surface area is 134 Å². The minimum absolute atomic E-state index is 0.0410. The van der Waals surface area contributed by atoms with Crippen LogP contribution in [0.2, 0.25) is 0 Å². The Bertz CT molecular complexity index is 709. The minimum Gasteiger partial charge on any atom is -0.494 e. The number of aliphatic hydroxyl groups excluding tert-OH is 1. The van der Waals surface area contributed by atoms with Crippen LogP contribution in [0.4, 0.5) is 5.69 Å². The van der Waals surface area contributed by atoms with Crippen LogP contribution in [0.25, 0.3) is 0 Å². The normalized spacial score (nSPS) is 13.9. The number of nitriles is 1. The van der Waals surface area contributed by atoms with Gasteiger partial charge in [-0.25, -0.2) is 0 Å². The number of aliphatic hydroxyl groups is 1. The molecule has 1 aromatic carbocycles. The van der Waals surface area contributed by atoms with Gasteiger partial charge in [0.05, 0.1) is 30.4 Å². The zero-order valence-corrected chi connectivity index (χ0v) is 13.2. The molecule has 0 saturated heterocycles. The highest BCUT2D eigenvalue weighted by atomic mass is 79.9. The van der Waals surface area contributed by atoms with Gasteiger partial charge >= 0.3 is 0 Å². The zero-order chi connectivity index (χ0) is 16.3. The Morgan fingerprint density at radius 3 is 2.77 bits per heavy atom. The highest BCUT2D eigenvalue weighted by Crippen LogP contribution is 2.34. The smallest absolute Gasteiger partial charge is 0.277 e. The molecule has 1 aliphatic rings. The van der Waals surface area contributed by atoms with Crippen molar-refractivity contribution in [3.8, 4) is 11.8 Å². The van der Waals surface area contributed by atoms with Crippen molar-refractivity contribution < 1.29 is 19.4 Å². The molecule has 2 N–H and O–H groups in total. The highest BCUT2D eigenvalue weighted by Gasteiger charge is 2.31. The highest BCUT2D eigenvalue weighted by molar-refractivity contribution is 9.10. The summed E-state index contributed by atoms with van der Waals surface area (Å²) >= 11 is 3.27. The summed E-state index contributed by atoms with van der Waals surface area (Å²) in [6.07, 6.45) is 1.13. The van der Waals surface area contributed by atoms with E-state index in [1.807, 2.05) is 6.07 Å². The number of hydrogen-bond donors (Lipinski definition) is 2. The molecule has 22 heavy (non-hydrogen) atoms. The van der Waals surface area contributed by atoms with Crippen molar-refractivity contribution in [1.82, 2.24) is 4.90 Å². The van der Waals surface area contributed by atoms with Gasteiger partial charge in [0, 0.05) is 6.08 Å². The molecule has 0 saturated carbocycles. The van der Waals surface area contributed by atoms with Crippen LogP contribution in [-0.2, 0) is 9.59 Å². The fraction of sp³-hybridized carbons (Fsp3) is 0.214. The Balaban J connectivity index is 2.33. The van der Waals surface area contributed by atoms with Crippen molar-refractivity contribution in [2.75, 3.05) is 25.6 Å². The van der Waals surface area contributed by atoms with Gasteiger partial charge in [-0.05, 0) is 28.1 Å². The number of carbonyl (C=O) groups is 2. The molecular weight excluding hydrogens is 354 g/mol. The number of nitrogens with zero attached hydrogens (tertiary/aromatic N) is 2. The molecule has 2 amide bonds. The van der Waals surface area contributed by atoms with E-state index in [9.17, 15) is 14.9 Å². The van der Waals surface area contributed by atoms with Gasteiger partial charge < -0.3 is 15.2 Å². The number of methoxy groups -OCH3 is 1. The summed E-state index contributed by atoms with van der Waals surface area (Å²) in [5, 5.41) is 20.9. The average molecular weight is 366 g/mol. The van der Waals surface area contributed by atoms with Gasteiger partial charge in [0.15, 0.2) is 5.75 Å². The first kappa shape index (κ1) is 16.0. The van der Waals surface area contributed by atoms with Crippen molar-refractivity contribution in [2.45, 2.75) is 0 Å². The summed E-state index contributed by atoms with van der Waals surface area (Å²) in [6, 6.07) is 5.26. The largest absolute Gasteiger partial charge is 0.494 e. The van der Waals surface area contributed by atoms with E-state index in [-0.39, 0.29) is 24.4 Å². The third-order valence-electron chi connectivity index (χ3n) is 3.03. The zero-order valence-electron chi connectivity index (χ0n) is 11.6. The summed E-state index contributed by atoms with van der Waals surface area (Å²) in [4.78, 5) is 24.7. The Kier molecular flexibility index (Phi) is 4.80. The topological polar surface area (TPSA) is 103 Å². The first-order valence-electron chi connectivity index (χ1n) is 6.25. The van der Waals surface area contributed by atoms with E-state index >= 15 is 0 Å². The van der Waals surface area contributed by atoms with Crippen molar-refractivity contribution in [3.63, 3.8) is 0 Å². The van der Waals surface area contributed by atoms with Crippen LogP contribution in [0.15, 0.2) is 28.4 Å². The van der Waals surface area contributed by atoms with Crippen LogP contribution >= 0.6 is 15.9 Å². The van der Waals surface area contributed by atoms with Crippen LogP contribution in [0.1, 0.15) is 5.56 Å². The number of amides is 2. The Morgan fingerprint density at radius 1 is 1.45 bits per heavy atom. The first-order chi connectivity index (χ1) is 10.5. The molecule has 0 aromatic heterocycles. The number of nitrogens with one attached hydrogen (secondary N) is 1. The number of hydrogen-bond acceptors (Lipinski definition) is 6. The monoisotopic (exact) mass is 365 g/mol. The Hall–Kier alpha value is -2.37. The maximum atomic E-state index is 12.1. The molecule has 0 aliphatic carbocycles. The average Bonchev–Trinajstić information content (AvgIpc) is 2.76. The number of anilines is 1. The molecule has 8 heteroatoms. The van der Waals surface area contributed by atoms with Crippen molar-refractivity contribution >= 4 is 33.4 Å². The second kappa shape index (κ2) is 6.60. The molecule has 0 atom stereocenters. The molecule has 1 aromatic rings. The van der Waals surface area contributed by atoms with E-state index in [1.165, 1.54) is 7.11 Å². The van der Waals surface area contributed by atoms with Crippen LogP contribution in [0, 0.1) is 11.3 Å². The van der Waals surface area contributed by atoms with E-state index in [4.69, 9.17) is 9.84 Å². The van der Waals surface area contributed by atoms with Crippen LogP contribution < -0.4 is 10.1 Å². The SMILES string of the molecule is COc1c(Br)ccc(NC2=CC(=O)N(CCO)C2=O)c1C#N. The van der Waals surface area contributed by atoms with E-state index in [0.717, 1.165) is 11.0 Å². The van der Waals surface area contributed by atoms with E-state index in [2.05, 4.69) is 21.2 Å². The number of carbonyl (C=O) groups excluding carboxylic acids is 2. The van der Waals surface area contributed by atoms with Gasteiger partial charge in [0.1, 0.15) is 17.3 Å². The molecule has 1 aliphatic heterocycles. The molecule has 114 valence electrons. The van der Waals surface area contributed by atoms with Crippen molar-refractivity contribution in [1.29, 1.82) is 5.26 Å². The fourth-order valence-corrected chi connectivity index (χ4v) is 2.52. The molecule has 1 heterocycles. The summed E-state index contributed by atoms with van der Waals surface area (Å²) in [7, 11) is 1.43. The summed E-state index contributed by atoms with van der Waals surface area (Å²) in [6.45, 7) is -0.387. The summed E-state index contributed by atoms with van der Waals surface area (Å²) < 4.78 is 5.75. The first-order valence-corrected chi connectivity index (χ1v) is 7.04. The second-order valence-corrected chi connectivity index (χ2v) is 5.17. The molecule has 2 rings (SSSR count). The van der Waals surface area contributed by atoms with Crippen LogP contribution in [0.5, 0.6) is 5.75 Å². The number of rotatable bonds is 5. The number of ether oxygens (including phenoxy) is 1. The standard InChI is InChI=1S/C14H12BrN3O4/c1-22-13-8(7-16)10(3-2-9(13)15)17-11-6-12(20)18(4-5-19)14(11)21/h2-3,6,17,19H,4-5H2,1H3. The number of benzene rings is 1. The van der Waals surface area contributed by atoms with Crippen LogP contribution in [-0.4, -0.2) is 42.1 Å². The van der Waals surface area contributed by atoms with E-state index in [0.29, 0.717) is 15.9 Å². The maximum Gasteiger partial charge on any atom is 0.277 e. The lowest BCUT2D eigenvalue weighted by molar-refractivity contribution is -0.137. The third kappa shape index (κ3) is 2.81. The predicted octanol–water partition coefficient (Wildman–Crippen LogP) is 0.986. The molecule has 0 bridgehead atoms. The van der Waals surface area contributed by atoms with Gasteiger partial charge in [-0.3, -0.25) is 14.5 Å². The fourth-order valence-electron chi connectivity index (χ4n) is 2.03. The van der Waals surface area contributed by atoms with Crippen LogP contribution in [0.3, 0.4) is 0 Å². The lowest BCUT2D eigenvalue weighted by Gasteiger charge is -2.15. The van der Waals surface area contributed by atoms with Gasteiger partial charge in [0.25, 0.3) is 11.8 Å². The van der Waals surface area contributed by atoms with Gasteiger partial charge in [-0.1, -0.05) is 0 Å². The van der Waals surface area contributed by atoms with Gasteiger partial charge in [0.2, 0.25) is 0 Å². The molecule has 0 spiro atoms. The molecule has 0 unspecified atom stereocenters. The Morgan fingerprint density at radius 2 is 2.18 bits per heavy atom. The molecule has 0 radical (unpaired) electrons. The van der Waals surface area contributed by atoms with E-state index < -0.39 is 11.8 Å². The second-order valence-electron chi connectivity index (χ2n) is 4.32. The number of imide groups is 1. The van der Waals surface area contributed by atoms with Gasteiger partial charge in [-0.2, -0.15) is 5.26 Å². The summed E-state index contributed by atoms with van der Waals surface area (Å²) in [5.74, 6) is -0.731. The number of β-amino-alcohol motifs (C(OH)–C–C–N with tert-alkyl or cyclic N) is 1. The molecule has 0 fully saturated rings. The lowest BCUT2D eigenvalue weighted by Crippen LogP contribution is -2.34. The summed E-state index contributed by atoms with van der Waals surface area (Å²) in [5.41, 5.74) is 0.596. The molecule has 7 nitrogen and oxygen atoms in total. The third-order valence-corrected chi connectivity index (χ3v) is 3.65.